The molecule has 20 heavy (non-hydrogen) atoms. The molecule has 2 aromatic carbocycles. The van der Waals surface area contributed by atoms with Gasteiger partial charge in [-0.1, -0.05) is 57.9 Å². The summed E-state index contributed by atoms with van der Waals surface area (Å²) >= 11 is 9.69. The molecule has 0 amide bonds. The summed E-state index contributed by atoms with van der Waals surface area (Å²) in [5, 5.41) is 0.731. The van der Waals surface area contributed by atoms with E-state index < -0.39 is 0 Å². The normalized spacial score (nSPS) is 12.7. The van der Waals surface area contributed by atoms with Crippen molar-refractivity contribution in [2.45, 2.75) is 12.6 Å². The van der Waals surface area contributed by atoms with Gasteiger partial charge in [0, 0.05) is 28.6 Å². The van der Waals surface area contributed by atoms with Crippen LogP contribution in [0.1, 0.15) is 17.2 Å². The molecule has 0 aliphatic carbocycles. The van der Waals surface area contributed by atoms with Gasteiger partial charge in [-0.15, -0.1) is 0 Å². The third kappa shape index (κ3) is 3.83. The first kappa shape index (κ1) is 15.5. The van der Waals surface area contributed by atoms with Gasteiger partial charge in [0.2, 0.25) is 0 Å². The van der Waals surface area contributed by atoms with Gasteiger partial charge in [0.05, 0.1) is 0 Å². The average Bonchev–Trinajstić information content (AvgIpc) is 2.44. The quantitative estimate of drug-likeness (QED) is 0.871. The van der Waals surface area contributed by atoms with Crippen LogP contribution in [0.3, 0.4) is 0 Å². The van der Waals surface area contributed by atoms with Crippen LogP contribution in [-0.4, -0.2) is 18.5 Å². The van der Waals surface area contributed by atoms with Gasteiger partial charge in [-0.05, 0) is 36.4 Å². The van der Waals surface area contributed by atoms with E-state index in [0.717, 1.165) is 21.6 Å². The molecule has 0 saturated carbocycles. The van der Waals surface area contributed by atoms with E-state index in [4.69, 9.17) is 17.3 Å². The Morgan fingerprint density at radius 3 is 2.55 bits per heavy atom. The number of halogens is 2. The number of likely N-dealkylation sites (N-methyl/N-ethyl adjacent to an activating group) is 1. The molecule has 0 aliphatic heterocycles. The second-order valence-corrected chi connectivity index (χ2v) is 6.11. The Hall–Kier alpha value is -0.870. The molecule has 0 aromatic heterocycles. The monoisotopic (exact) mass is 352 g/mol. The molecule has 0 spiro atoms. The minimum atomic E-state index is 0.128. The highest BCUT2D eigenvalue weighted by Gasteiger charge is 2.18. The van der Waals surface area contributed by atoms with Crippen LogP contribution in [0.4, 0.5) is 0 Å². The molecule has 4 heteroatoms. The molecular weight excluding hydrogens is 336 g/mol. The fraction of sp³-hybridized carbons (Fsp3) is 0.250. The Morgan fingerprint density at radius 2 is 1.90 bits per heavy atom. The molecule has 2 rings (SSSR count). The summed E-state index contributed by atoms with van der Waals surface area (Å²) in [7, 11) is 2.08. The number of benzene rings is 2. The molecule has 106 valence electrons. The predicted molar refractivity (Wildman–Crippen MR) is 88.9 cm³/mol. The van der Waals surface area contributed by atoms with Crippen LogP contribution in [0, 0.1) is 0 Å². The van der Waals surface area contributed by atoms with Crippen molar-refractivity contribution in [3.63, 3.8) is 0 Å². The molecule has 1 unspecified atom stereocenters. The van der Waals surface area contributed by atoms with E-state index >= 15 is 0 Å². The van der Waals surface area contributed by atoms with Crippen molar-refractivity contribution < 1.29 is 0 Å². The van der Waals surface area contributed by atoms with E-state index in [9.17, 15) is 0 Å². The molecule has 2 nitrogen and oxygen atoms in total. The average molecular weight is 354 g/mol. The highest BCUT2D eigenvalue weighted by molar-refractivity contribution is 9.10. The SMILES string of the molecule is CN(Cc1ccccc1)C(CN)c1cc(Cl)ccc1Br. The van der Waals surface area contributed by atoms with E-state index in [0.29, 0.717) is 6.54 Å². The lowest BCUT2D eigenvalue weighted by Crippen LogP contribution is -2.30. The van der Waals surface area contributed by atoms with Crippen LogP contribution in [0.2, 0.25) is 5.02 Å². The highest BCUT2D eigenvalue weighted by atomic mass is 79.9. The smallest absolute Gasteiger partial charge is 0.0482 e. The lowest BCUT2D eigenvalue weighted by molar-refractivity contribution is 0.241. The summed E-state index contributed by atoms with van der Waals surface area (Å²) in [5.74, 6) is 0. The van der Waals surface area contributed by atoms with Crippen LogP contribution in [0.25, 0.3) is 0 Å². The molecule has 0 radical (unpaired) electrons. The van der Waals surface area contributed by atoms with E-state index in [1.54, 1.807) is 0 Å². The van der Waals surface area contributed by atoms with Crippen molar-refractivity contribution in [3.05, 3.63) is 69.2 Å². The van der Waals surface area contributed by atoms with Crippen molar-refractivity contribution >= 4 is 27.5 Å². The summed E-state index contributed by atoms with van der Waals surface area (Å²) in [6.07, 6.45) is 0. The molecule has 1 atom stereocenters. The zero-order valence-electron chi connectivity index (χ0n) is 11.4. The Balaban J connectivity index is 2.21. The molecule has 2 aromatic rings. The van der Waals surface area contributed by atoms with Gasteiger partial charge in [-0.3, -0.25) is 4.90 Å². The molecule has 0 saturated heterocycles. The fourth-order valence-electron chi connectivity index (χ4n) is 2.30. The summed E-state index contributed by atoms with van der Waals surface area (Å²) in [5.41, 5.74) is 8.37. The number of hydrogen-bond donors (Lipinski definition) is 1. The summed E-state index contributed by atoms with van der Waals surface area (Å²) in [6, 6.07) is 16.3. The van der Waals surface area contributed by atoms with Gasteiger partial charge >= 0.3 is 0 Å². The fourth-order valence-corrected chi connectivity index (χ4v) is 2.99. The Labute approximate surface area is 133 Å². The second-order valence-electron chi connectivity index (χ2n) is 4.82. The second kappa shape index (κ2) is 7.23. The molecule has 0 bridgehead atoms. The van der Waals surface area contributed by atoms with Crippen LogP contribution in [-0.2, 0) is 6.54 Å². The minimum Gasteiger partial charge on any atom is -0.329 e. The molecule has 0 fully saturated rings. The molecule has 0 aliphatic rings. The van der Waals surface area contributed by atoms with Crippen LogP contribution < -0.4 is 5.73 Å². The van der Waals surface area contributed by atoms with Gasteiger partial charge in [0.1, 0.15) is 0 Å². The van der Waals surface area contributed by atoms with E-state index in [-0.39, 0.29) is 6.04 Å². The maximum Gasteiger partial charge on any atom is 0.0482 e. The first-order valence-electron chi connectivity index (χ1n) is 6.51. The van der Waals surface area contributed by atoms with Crippen molar-refractivity contribution in [1.29, 1.82) is 0 Å². The topological polar surface area (TPSA) is 29.3 Å². The van der Waals surface area contributed by atoms with Gasteiger partial charge in [0.25, 0.3) is 0 Å². The van der Waals surface area contributed by atoms with Crippen LogP contribution in [0.5, 0.6) is 0 Å². The van der Waals surface area contributed by atoms with Crippen LogP contribution >= 0.6 is 27.5 Å². The summed E-state index contributed by atoms with van der Waals surface area (Å²) in [4.78, 5) is 2.24. The first-order valence-corrected chi connectivity index (χ1v) is 7.68. The van der Waals surface area contributed by atoms with Gasteiger partial charge in [0.15, 0.2) is 0 Å². The zero-order valence-corrected chi connectivity index (χ0v) is 13.7. The first-order chi connectivity index (χ1) is 9.61. The molecule has 2 N–H and O–H groups in total. The van der Waals surface area contributed by atoms with Gasteiger partial charge < -0.3 is 5.73 Å². The maximum atomic E-state index is 6.10. The lowest BCUT2D eigenvalue weighted by atomic mass is 10.0. The van der Waals surface area contributed by atoms with Crippen molar-refractivity contribution in [2.24, 2.45) is 5.73 Å². The van der Waals surface area contributed by atoms with Crippen molar-refractivity contribution in [3.8, 4) is 0 Å². The Bertz CT molecular complexity index is 560. The largest absolute Gasteiger partial charge is 0.329 e. The third-order valence-corrected chi connectivity index (χ3v) is 4.30. The van der Waals surface area contributed by atoms with E-state index in [2.05, 4.69) is 52.1 Å². The molecule has 0 heterocycles. The van der Waals surface area contributed by atoms with E-state index in [1.807, 2.05) is 24.3 Å². The summed E-state index contributed by atoms with van der Waals surface area (Å²) < 4.78 is 1.04. The highest BCUT2D eigenvalue weighted by Crippen LogP contribution is 2.30. The third-order valence-electron chi connectivity index (χ3n) is 3.35. The molecular formula is C16H18BrClN2. The summed E-state index contributed by atoms with van der Waals surface area (Å²) in [6.45, 7) is 1.39. The Kier molecular flexibility index (Phi) is 5.61. The predicted octanol–water partition coefficient (Wildman–Crippen LogP) is 4.23. The number of hydrogen-bond acceptors (Lipinski definition) is 2. The maximum absolute atomic E-state index is 6.10. The number of rotatable bonds is 5. The standard InChI is InChI=1S/C16H18BrClN2/c1-20(11-12-5-3-2-4-6-12)16(10-19)14-9-13(18)7-8-15(14)17/h2-9,16H,10-11,19H2,1H3. The van der Waals surface area contributed by atoms with Crippen molar-refractivity contribution in [2.75, 3.05) is 13.6 Å². The van der Waals surface area contributed by atoms with Crippen molar-refractivity contribution in [1.82, 2.24) is 4.90 Å². The van der Waals surface area contributed by atoms with Gasteiger partial charge in [-0.2, -0.15) is 0 Å². The zero-order chi connectivity index (χ0) is 14.5. The lowest BCUT2D eigenvalue weighted by Gasteiger charge is -2.28. The number of nitrogens with zero attached hydrogens (tertiary/aromatic N) is 1. The van der Waals surface area contributed by atoms with Crippen LogP contribution in [0.15, 0.2) is 53.0 Å². The van der Waals surface area contributed by atoms with Gasteiger partial charge in [-0.25, -0.2) is 0 Å². The Morgan fingerprint density at radius 1 is 1.20 bits per heavy atom. The van der Waals surface area contributed by atoms with E-state index in [1.165, 1.54) is 5.56 Å². The number of nitrogens with two attached hydrogens (primary N) is 1. The minimum absolute atomic E-state index is 0.128.